The van der Waals surface area contributed by atoms with Gasteiger partial charge in [-0.1, -0.05) is 0 Å². The van der Waals surface area contributed by atoms with Gasteiger partial charge in [0.05, 0.1) is 18.0 Å². The Morgan fingerprint density at radius 3 is 2.59 bits per heavy atom. The Hall–Kier alpha value is -2.64. The maximum atomic E-state index is 12.1. The SMILES string of the molecule is COc1ccc(NC(=O)[C@@H]2CC[C@H](C(=O)O)C2)cc1[N+](=O)[O-]. The van der Waals surface area contributed by atoms with Gasteiger partial charge in [-0.2, -0.15) is 0 Å². The first kappa shape index (κ1) is 15.7. The first-order valence-corrected chi connectivity index (χ1v) is 6.78. The Morgan fingerprint density at radius 2 is 2.05 bits per heavy atom. The normalized spacial score (nSPS) is 20.4. The summed E-state index contributed by atoms with van der Waals surface area (Å²) in [6.45, 7) is 0. The van der Waals surface area contributed by atoms with Gasteiger partial charge >= 0.3 is 11.7 Å². The molecule has 0 spiro atoms. The third-order valence-corrected chi connectivity index (χ3v) is 3.80. The first-order chi connectivity index (χ1) is 10.4. The molecule has 8 heteroatoms. The van der Waals surface area contributed by atoms with E-state index in [1.807, 2.05) is 0 Å². The van der Waals surface area contributed by atoms with Crippen LogP contribution in [0, 0.1) is 22.0 Å². The van der Waals surface area contributed by atoms with E-state index < -0.39 is 16.8 Å². The van der Waals surface area contributed by atoms with E-state index in [1.54, 1.807) is 0 Å². The van der Waals surface area contributed by atoms with Crippen molar-refractivity contribution >= 4 is 23.3 Å². The molecule has 0 aromatic heterocycles. The Bertz CT molecular complexity index is 615. The summed E-state index contributed by atoms with van der Waals surface area (Å²) < 4.78 is 4.89. The zero-order valence-electron chi connectivity index (χ0n) is 11.9. The van der Waals surface area contributed by atoms with Crippen LogP contribution in [0.5, 0.6) is 5.75 Å². The van der Waals surface area contributed by atoms with Crippen LogP contribution in [0.3, 0.4) is 0 Å². The number of hydrogen-bond donors (Lipinski definition) is 2. The second-order valence-corrected chi connectivity index (χ2v) is 5.18. The molecule has 0 aliphatic heterocycles. The number of benzene rings is 1. The summed E-state index contributed by atoms with van der Waals surface area (Å²) in [5.41, 5.74) is 0.0476. The lowest BCUT2D eigenvalue weighted by Crippen LogP contribution is -2.21. The Kier molecular flexibility index (Phi) is 4.59. The average molecular weight is 308 g/mol. The molecule has 1 fully saturated rings. The number of aliphatic carboxylic acids is 1. The lowest BCUT2D eigenvalue weighted by molar-refractivity contribution is -0.385. The number of nitro groups is 1. The molecule has 2 N–H and O–H groups in total. The Balaban J connectivity index is 2.08. The highest BCUT2D eigenvalue weighted by Crippen LogP contribution is 2.33. The van der Waals surface area contributed by atoms with Crippen LogP contribution in [-0.2, 0) is 9.59 Å². The Labute approximate surface area is 126 Å². The number of ether oxygens (including phenoxy) is 1. The molecule has 0 saturated heterocycles. The summed E-state index contributed by atoms with van der Waals surface area (Å²) >= 11 is 0. The van der Waals surface area contributed by atoms with Crippen molar-refractivity contribution in [3.05, 3.63) is 28.3 Å². The Morgan fingerprint density at radius 1 is 1.36 bits per heavy atom. The number of hydrogen-bond acceptors (Lipinski definition) is 5. The lowest BCUT2D eigenvalue weighted by Gasteiger charge is -2.11. The number of carbonyl (C=O) groups excluding carboxylic acids is 1. The van der Waals surface area contributed by atoms with Crippen molar-refractivity contribution in [3.63, 3.8) is 0 Å². The van der Waals surface area contributed by atoms with Gasteiger partial charge in [-0.05, 0) is 31.4 Å². The maximum Gasteiger partial charge on any atom is 0.312 e. The third-order valence-electron chi connectivity index (χ3n) is 3.80. The van der Waals surface area contributed by atoms with Gasteiger partial charge in [0.15, 0.2) is 5.75 Å². The van der Waals surface area contributed by atoms with Gasteiger partial charge in [-0.25, -0.2) is 0 Å². The number of amides is 1. The molecule has 2 rings (SSSR count). The van der Waals surface area contributed by atoms with E-state index in [0.717, 1.165) is 0 Å². The van der Waals surface area contributed by atoms with Crippen LogP contribution in [0.15, 0.2) is 18.2 Å². The van der Waals surface area contributed by atoms with E-state index in [1.165, 1.54) is 25.3 Å². The molecule has 0 radical (unpaired) electrons. The van der Waals surface area contributed by atoms with Gasteiger partial charge in [0, 0.05) is 17.7 Å². The summed E-state index contributed by atoms with van der Waals surface area (Å²) in [6, 6.07) is 4.14. The highest BCUT2D eigenvalue weighted by atomic mass is 16.6. The van der Waals surface area contributed by atoms with Crippen molar-refractivity contribution in [1.29, 1.82) is 0 Å². The molecular formula is C14H16N2O6. The van der Waals surface area contributed by atoms with Crippen molar-refractivity contribution < 1.29 is 24.4 Å². The van der Waals surface area contributed by atoms with Crippen LogP contribution in [0.25, 0.3) is 0 Å². The minimum Gasteiger partial charge on any atom is -0.490 e. The number of carboxylic acid groups (broad SMARTS) is 1. The minimum absolute atomic E-state index is 0.106. The molecule has 118 valence electrons. The summed E-state index contributed by atoms with van der Waals surface area (Å²) in [5, 5.41) is 22.5. The van der Waals surface area contributed by atoms with Gasteiger partial charge in [0.2, 0.25) is 5.91 Å². The van der Waals surface area contributed by atoms with Crippen LogP contribution < -0.4 is 10.1 Å². The fourth-order valence-electron chi connectivity index (χ4n) is 2.60. The molecule has 2 atom stereocenters. The average Bonchev–Trinajstić information content (AvgIpc) is 2.97. The number of nitrogens with zero attached hydrogens (tertiary/aromatic N) is 1. The monoisotopic (exact) mass is 308 g/mol. The molecule has 1 saturated carbocycles. The van der Waals surface area contributed by atoms with E-state index in [4.69, 9.17) is 9.84 Å². The molecular weight excluding hydrogens is 292 g/mol. The summed E-state index contributed by atoms with van der Waals surface area (Å²) in [5.74, 6) is -1.99. The second kappa shape index (κ2) is 6.42. The highest BCUT2D eigenvalue weighted by Gasteiger charge is 2.34. The molecule has 0 unspecified atom stereocenters. The quantitative estimate of drug-likeness (QED) is 0.634. The number of nitro benzene ring substituents is 1. The number of nitrogens with one attached hydrogen (secondary N) is 1. The van der Waals surface area contributed by atoms with Crippen LogP contribution in [0.1, 0.15) is 19.3 Å². The fraction of sp³-hybridized carbons (Fsp3) is 0.429. The molecule has 0 heterocycles. The van der Waals surface area contributed by atoms with E-state index in [9.17, 15) is 19.7 Å². The van der Waals surface area contributed by atoms with Gasteiger partial charge in [-0.15, -0.1) is 0 Å². The molecule has 1 aliphatic carbocycles. The van der Waals surface area contributed by atoms with Crippen molar-refractivity contribution in [3.8, 4) is 5.75 Å². The summed E-state index contributed by atoms with van der Waals surface area (Å²) in [6.07, 6.45) is 1.26. The molecule has 1 aromatic rings. The predicted octanol–water partition coefficient (Wildman–Crippen LogP) is 2.04. The lowest BCUT2D eigenvalue weighted by atomic mass is 10.0. The van der Waals surface area contributed by atoms with E-state index >= 15 is 0 Å². The molecule has 0 bridgehead atoms. The predicted molar refractivity (Wildman–Crippen MR) is 76.7 cm³/mol. The second-order valence-electron chi connectivity index (χ2n) is 5.18. The molecule has 1 amide bonds. The molecule has 22 heavy (non-hydrogen) atoms. The van der Waals surface area contributed by atoms with Crippen molar-refractivity contribution in [1.82, 2.24) is 0 Å². The summed E-state index contributed by atoms with van der Waals surface area (Å²) in [7, 11) is 1.32. The van der Waals surface area contributed by atoms with Gasteiger partial charge < -0.3 is 15.2 Å². The van der Waals surface area contributed by atoms with Crippen molar-refractivity contribution in [2.45, 2.75) is 19.3 Å². The summed E-state index contributed by atoms with van der Waals surface area (Å²) in [4.78, 5) is 33.4. The van der Waals surface area contributed by atoms with Crippen LogP contribution in [0.2, 0.25) is 0 Å². The number of carbonyl (C=O) groups is 2. The van der Waals surface area contributed by atoms with Gasteiger partial charge in [0.25, 0.3) is 0 Å². The zero-order valence-corrected chi connectivity index (χ0v) is 11.9. The first-order valence-electron chi connectivity index (χ1n) is 6.78. The van der Waals surface area contributed by atoms with E-state index in [2.05, 4.69) is 5.32 Å². The van der Waals surface area contributed by atoms with Crippen molar-refractivity contribution in [2.24, 2.45) is 11.8 Å². The standard InChI is InChI=1S/C14H16N2O6/c1-22-12-5-4-10(7-11(12)16(20)21)15-13(17)8-2-3-9(6-8)14(18)19/h4-5,7-9H,2-3,6H2,1H3,(H,15,17)(H,18,19)/t8-,9+/m1/s1. The molecule has 8 nitrogen and oxygen atoms in total. The van der Waals surface area contributed by atoms with Gasteiger partial charge in [-0.3, -0.25) is 19.7 Å². The highest BCUT2D eigenvalue weighted by molar-refractivity contribution is 5.93. The van der Waals surface area contributed by atoms with Crippen molar-refractivity contribution in [2.75, 3.05) is 12.4 Å². The fourth-order valence-corrected chi connectivity index (χ4v) is 2.60. The number of anilines is 1. The number of methoxy groups -OCH3 is 1. The zero-order chi connectivity index (χ0) is 16.3. The smallest absolute Gasteiger partial charge is 0.312 e. The largest absolute Gasteiger partial charge is 0.490 e. The minimum atomic E-state index is -0.893. The van der Waals surface area contributed by atoms with E-state index in [-0.39, 0.29) is 28.9 Å². The number of carboxylic acids is 1. The topological polar surface area (TPSA) is 119 Å². The molecule has 1 aliphatic rings. The van der Waals surface area contributed by atoms with Crippen LogP contribution >= 0.6 is 0 Å². The molecule has 1 aromatic carbocycles. The van der Waals surface area contributed by atoms with Gasteiger partial charge in [0.1, 0.15) is 0 Å². The van der Waals surface area contributed by atoms with Crippen LogP contribution in [-0.4, -0.2) is 29.0 Å². The van der Waals surface area contributed by atoms with Crippen LogP contribution in [0.4, 0.5) is 11.4 Å². The third kappa shape index (κ3) is 3.33. The van der Waals surface area contributed by atoms with E-state index in [0.29, 0.717) is 19.3 Å². The maximum absolute atomic E-state index is 12.1. The number of rotatable bonds is 5.